The van der Waals surface area contributed by atoms with Crippen molar-refractivity contribution in [3.05, 3.63) is 64.2 Å². The molecule has 1 aliphatic rings. The van der Waals surface area contributed by atoms with Crippen LogP contribution < -0.4 is 10.2 Å². The van der Waals surface area contributed by atoms with E-state index >= 15 is 0 Å². The largest absolute Gasteiger partial charge is 0.452 e. The van der Waals surface area contributed by atoms with Gasteiger partial charge in [0.2, 0.25) is 5.91 Å². The van der Waals surface area contributed by atoms with Gasteiger partial charge in [-0.15, -0.1) is 0 Å². The molecule has 1 heterocycles. The summed E-state index contributed by atoms with van der Waals surface area (Å²) in [7, 11) is 0. The van der Waals surface area contributed by atoms with E-state index in [-0.39, 0.29) is 23.7 Å². The van der Waals surface area contributed by atoms with E-state index in [0.717, 1.165) is 12.1 Å². The zero-order chi connectivity index (χ0) is 21.7. The fourth-order valence-corrected chi connectivity index (χ4v) is 3.12. The van der Waals surface area contributed by atoms with Crippen LogP contribution in [0.25, 0.3) is 0 Å². The Morgan fingerprint density at radius 3 is 2.60 bits per heavy atom. The lowest BCUT2D eigenvalue weighted by Gasteiger charge is -2.16. The molecule has 0 unspecified atom stereocenters. The van der Waals surface area contributed by atoms with Crippen molar-refractivity contribution in [3.63, 3.8) is 0 Å². The third-order valence-electron chi connectivity index (χ3n) is 4.67. The van der Waals surface area contributed by atoms with Gasteiger partial charge in [0.1, 0.15) is 0 Å². The topological polar surface area (TPSA) is 119 Å². The minimum absolute atomic E-state index is 0.0251. The highest BCUT2D eigenvalue weighted by Crippen LogP contribution is 2.22. The molecule has 0 spiro atoms. The maximum absolute atomic E-state index is 12.2. The molecule has 1 atom stereocenters. The molecule has 156 valence electrons. The van der Waals surface area contributed by atoms with E-state index in [2.05, 4.69) is 5.32 Å². The van der Waals surface area contributed by atoms with E-state index in [1.165, 1.54) is 31.2 Å². The smallest absolute Gasteiger partial charge is 0.311 e. The van der Waals surface area contributed by atoms with E-state index in [0.29, 0.717) is 18.5 Å². The van der Waals surface area contributed by atoms with Gasteiger partial charge in [0.15, 0.2) is 6.10 Å². The summed E-state index contributed by atoms with van der Waals surface area (Å²) < 4.78 is 5.16. The number of benzene rings is 2. The van der Waals surface area contributed by atoms with Crippen molar-refractivity contribution in [2.45, 2.75) is 32.3 Å². The molecule has 0 radical (unpaired) electrons. The normalized spacial score (nSPS) is 14.3. The monoisotopic (exact) mass is 411 g/mol. The average molecular weight is 411 g/mol. The van der Waals surface area contributed by atoms with E-state index in [9.17, 15) is 24.5 Å². The Hall–Kier alpha value is -3.75. The van der Waals surface area contributed by atoms with Crippen molar-refractivity contribution >= 4 is 34.8 Å². The van der Waals surface area contributed by atoms with Gasteiger partial charge in [-0.1, -0.05) is 18.2 Å². The van der Waals surface area contributed by atoms with Gasteiger partial charge in [-0.05, 0) is 37.1 Å². The Morgan fingerprint density at radius 2 is 1.97 bits per heavy atom. The van der Waals surface area contributed by atoms with Crippen molar-refractivity contribution in [1.82, 2.24) is 0 Å². The van der Waals surface area contributed by atoms with Gasteiger partial charge in [0.05, 0.1) is 11.3 Å². The lowest BCUT2D eigenvalue weighted by atomic mass is 10.1. The molecule has 0 bridgehead atoms. The molecular formula is C21H21N3O6. The summed E-state index contributed by atoms with van der Waals surface area (Å²) in [5.74, 6) is -1.08. The van der Waals surface area contributed by atoms with Crippen LogP contribution >= 0.6 is 0 Å². The summed E-state index contributed by atoms with van der Waals surface area (Å²) in [5.41, 5.74) is 1.57. The highest BCUT2D eigenvalue weighted by atomic mass is 16.6. The van der Waals surface area contributed by atoms with Crippen LogP contribution in [-0.4, -0.2) is 35.4 Å². The SMILES string of the molecule is C[C@@H](OC(=O)Cc1ccc(N2CCCC2=O)cc1)C(=O)Nc1cccc([N+](=O)[O-])c1. The molecule has 0 saturated carbocycles. The molecule has 30 heavy (non-hydrogen) atoms. The van der Waals surface area contributed by atoms with Crippen molar-refractivity contribution in [2.24, 2.45) is 0 Å². The lowest BCUT2D eigenvalue weighted by molar-refractivity contribution is -0.384. The second kappa shape index (κ2) is 9.17. The Morgan fingerprint density at radius 1 is 1.23 bits per heavy atom. The third kappa shape index (κ3) is 5.19. The van der Waals surface area contributed by atoms with Crippen LogP contribution in [0.15, 0.2) is 48.5 Å². The molecule has 1 saturated heterocycles. The van der Waals surface area contributed by atoms with Crippen molar-refractivity contribution in [2.75, 3.05) is 16.8 Å². The molecule has 1 fully saturated rings. The Balaban J connectivity index is 1.52. The Kier molecular flexibility index (Phi) is 6.41. The minimum Gasteiger partial charge on any atom is -0.452 e. The first-order valence-electron chi connectivity index (χ1n) is 9.47. The van der Waals surface area contributed by atoms with Crippen LogP contribution in [0.1, 0.15) is 25.3 Å². The van der Waals surface area contributed by atoms with Crippen molar-refractivity contribution < 1.29 is 24.0 Å². The second-order valence-corrected chi connectivity index (χ2v) is 6.92. The van der Waals surface area contributed by atoms with Crippen LogP contribution in [0.3, 0.4) is 0 Å². The van der Waals surface area contributed by atoms with Gasteiger partial charge in [-0.3, -0.25) is 24.5 Å². The molecule has 2 amide bonds. The Bertz CT molecular complexity index is 973. The fraction of sp³-hybridized carbons (Fsp3) is 0.286. The standard InChI is InChI=1S/C21H21N3O6/c1-14(21(27)22-16-4-2-5-18(13-16)24(28)29)30-20(26)12-15-7-9-17(10-8-15)23-11-3-6-19(23)25/h2,4-5,7-10,13-14H,3,6,11-12H2,1H3,(H,22,27)/t14-/m1/s1. The van der Waals surface area contributed by atoms with Crippen LogP contribution in [-0.2, 0) is 25.5 Å². The Labute approximate surface area is 172 Å². The number of nitro groups is 1. The molecule has 2 aromatic rings. The first-order chi connectivity index (χ1) is 14.3. The van der Waals surface area contributed by atoms with Crippen LogP contribution in [0.5, 0.6) is 0 Å². The highest BCUT2D eigenvalue weighted by Gasteiger charge is 2.22. The molecule has 9 nitrogen and oxygen atoms in total. The number of hydrogen-bond acceptors (Lipinski definition) is 6. The van der Waals surface area contributed by atoms with Gasteiger partial charge in [-0.2, -0.15) is 0 Å². The summed E-state index contributed by atoms with van der Waals surface area (Å²) in [4.78, 5) is 48.1. The van der Waals surface area contributed by atoms with E-state index in [1.54, 1.807) is 29.2 Å². The number of esters is 1. The molecule has 0 aliphatic carbocycles. The van der Waals surface area contributed by atoms with Gasteiger partial charge in [0, 0.05) is 36.5 Å². The van der Waals surface area contributed by atoms with Crippen LogP contribution in [0.2, 0.25) is 0 Å². The molecular weight excluding hydrogens is 390 g/mol. The number of non-ortho nitro benzene ring substituents is 1. The summed E-state index contributed by atoms with van der Waals surface area (Å²) >= 11 is 0. The van der Waals surface area contributed by atoms with Gasteiger partial charge < -0.3 is 15.0 Å². The number of nitrogens with one attached hydrogen (secondary N) is 1. The highest BCUT2D eigenvalue weighted by molar-refractivity contribution is 5.96. The summed E-state index contributed by atoms with van der Waals surface area (Å²) in [6.07, 6.45) is 0.286. The number of nitrogens with zero attached hydrogens (tertiary/aromatic N) is 2. The number of carbonyl (C=O) groups is 3. The summed E-state index contributed by atoms with van der Waals surface area (Å²) in [6, 6.07) is 12.5. The summed E-state index contributed by atoms with van der Waals surface area (Å²) in [6.45, 7) is 2.12. The van der Waals surface area contributed by atoms with Gasteiger partial charge in [0.25, 0.3) is 11.6 Å². The first-order valence-corrected chi connectivity index (χ1v) is 9.47. The predicted octanol–water partition coefficient (Wildman–Crippen LogP) is 2.83. The molecule has 3 rings (SSSR count). The minimum atomic E-state index is -1.07. The number of hydrogen-bond donors (Lipinski definition) is 1. The van der Waals surface area contributed by atoms with Crippen LogP contribution in [0.4, 0.5) is 17.1 Å². The third-order valence-corrected chi connectivity index (χ3v) is 4.67. The number of nitro benzene ring substituents is 1. The quantitative estimate of drug-likeness (QED) is 0.425. The van der Waals surface area contributed by atoms with E-state index in [4.69, 9.17) is 4.74 Å². The molecule has 0 aromatic heterocycles. The number of anilines is 2. The second-order valence-electron chi connectivity index (χ2n) is 6.92. The molecule has 2 aromatic carbocycles. The lowest BCUT2D eigenvalue weighted by Crippen LogP contribution is -2.30. The molecule has 9 heteroatoms. The van der Waals surface area contributed by atoms with Crippen molar-refractivity contribution in [1.29, 1.82) is 0 Å². The number of amides is 2. The van der Waals surface area contributed by atoms with E-state index in [1.807, 2.05) is 0 Å². The van der Waals surface area contributed by atoms with Gasteiger partial charge >= 0.3 is 5.97 Å². The maximum atomic E-state index is 12.2. The average Bonchev–Trinajstić information content (AvgIpc) is 3.14. The number of rotatable bonds is 7. The maximum Gasteiger partial charge on any atom is 0.311 e. The van der Waals surface area contributed by atoms with Gasteiger partial charge in [-0.25, -0.2) is 0 Å². The number of ether oxygens (including phenoxy) is 1. The van der Waals surface area contributed by atoms with Crippen molar-refractivity contribution in [3.8, 4) is 0 Å². The summed E-state index contributed by atoms with van der Waals surface area (Å²) in [5, 5.41) is 13.3. The zero-order valence-electron chi connectivity index (χ0n) is 16.4. The number of carbonyl (C=O) groups excluding carboxylic acids is 3. The molecule has 1 aliphatic heterocycles. The molecule has 1 N–H and O–H groups in total. The first kappa shape index (κ1) is 21.0. The zero-order valence-corrected chi connectivity index (χ0v) is 16.4. The van der Waals surface area contributed by atoms with E-state index < -0.39 is 22.9 Å². The van der Waals surface area contributed by atoms with Crippen LogP contribution in [0, 0.1) is 10.1 Å². The predicted molar refractivity (Wildman–Crippen MR) is 109 cm³/mol. The fourth-order valence-electron chi connectivity index (χ4n) is 3.12.